The maximum Gasteiger partial charge on any atom is 0.320 e. The van der Waals surface area contributed by atoms with E-state index in [-0.39, 0.29) is 12.6 Å². The summed E-state index contributed by atoms with van der Waals surface area (Å²) in [5.41, 5.74) is 1.95. The van der Waals surface area contributed by atoms with Gasteiger partial charge in [0.25, 0.3) is 0 Å². The van der Waals surface area contributed by atoms with E-state index >= 15 is 0 Å². The molecule has 6 heteroatoms. The van der Waals surface area contributed by atoms with Gasteiger partial charge in [-0.25, -0.2) is 8.42 Å². The third kappa shape index (κ3) is 3.78. The largest absolute Gasteiger partial charge is 0.480 e. The van der Waals surface area contributed by atoms with Crippen LogP contribution in [-0.2, 0) is 21.4 Å². The smallest absolute Gasteiger partial charge is 0.320 e. The molecule has 0 heterocycles. The molecule has 0 aliphatic heterocycles. The van der Waals surface area contributed by atoms with Crippen LogP contribution in [0.15, 0.2) is 24.3 Å². The molecule has 0 atom stereocenters. The maximum atomic E-state index is 12.1. The number of carboxylic acids is 1. The first-order valence-electron chi connectivity index (χ1n) is 6.15. The summed E-state index contributed by atoms with van der Waals surface area (Å²) >= 11 is 0. The van der Waals surface area contributed by atoms with E-state index in [2.05, 4.69) is 0 Å². The zero-order valence-electron chi connectivity index (χ0n) is 10.7. The average molecular weight is 283 g/mol. The Hall–Kier alpha value is -1.40. The van der Waals surface area contributed by atoms with Crippen molar-refractivity contribution in [3.05, 3.63) is 35.4 Å². The lowest BCUT2D eigenvalue weighted by Gasteiger charge is -2.21. The Labute approximate surface area is 112 Å². The molecule has 1 N–H and O–H groups in total. The topological polar surface area (TPSA) is 74.7 Å². The summed E-state index contributed by atoms with van der Waals surface area (Å²) < 4.78 is 25.4. The van der Waals surface area contributed by atoms with Gasteiger partial charge in [0.2, 0.25) is 10.0 Å². The predicted molar refractivity (Wildman–Crippen MR) is 71.2 cm³/mol. The first-order valence-corrected chi connectivity index (χ1v) is 7.76. The van der Waals surface area contributed by atoms with E-state index in [1.807, 2.05) is 31.2 Å². The fourth-order valence-corrected chi connectivity index (χ4v) is 3.54. The first-order chi connectivity index (χ1) is 8.88. The lowest BCUT2D eigenvalue weighted by atomic mass is 10.1. The standard InChI is InChI=1S/C13H17NO4S/c1-10-3-2-4-11(7-10)8-14(12-5-6-12)19(17,18)9-13(15)16/h2-4,7,12H,5-6,8-9H2,1H3,(H,15,16). The van der Waals surface area contributed by atoms with E-state index in [0.717, 1.165) is 24.0 Å². The molecule has 1 aliphatic rings. The number of sulfonamides is 1. The highest BCUT2D eigenvalue weighted by atomic mass is 32.2. The Bertz CT molecular complexity index is 578. The van der Waals surface area contributed by atoms with Gasteiger partial charge < -0.3 is 5.11 Å². The van der Waals surface area contributed by atoms with Gasteiger partial charge >= 0.3 is 5.97 Å². The Morgan fingerprint density at radius 1 is 1.42 bits per heavy atom. The van der Waals surface area contributed by atoms with Gasteiger partial charge in [0, 0.05) is 12.6 Å². The molecular formula is C13H17NO4S. The molecule has 0 aromatic heterocycles. The summed E-state index contributed by atoms with van der Waals surface area (Å²) in [4.78, 5) is 10.7. The second-order valence-electron chi connectivity index (χ2n) is 4.92. The molecule has 0 saturated heterocycles. The number of carbonyl (C=O) groups is 1. The van der Waals surface area contributed by atoms with Crippen LogP contribution in [0.3, 0.4) is 0 Å². The summed E-state index contributed by atoms with van der Waals surface area (Å²) in [7, 11) is -3.74. The van der Waals surface area contributed by atoms with Crippen LogP contribution in [0.25, 0.3) is 0 Å². The zero-order chi connectivity index (χ0) is 14.0. The highest BCUT2D eigenvalue weighted by Gasteiger charge is 2.38. The number of hydrogen-bond acceptors (Lipinski definition) is 3. The van der Waals surface area contributed by atoms with Crippen LogP contribution >= 0.6 is 0 Å². The van der Waals surface area contributed by atoms with Crippen LogP contribution in [0.5, 0.6) is 0 Å². The minimum atomic E-state index is -3.74. The van der Waals surface area contributed by atoms with Crippen molar-refractivity contribution in [2.75, 3.05) is 5.75 Å². The quantitative estimate of drug-likeness (QED) is 0.855. The van der Waals surface area contributed by atoms with E-state index in [1.165, 1.54) is 4.31 Å². The predicted octanol–water partition coefficient (Wildman–Crippen LogP) is 1.37. The van der Waals surface area contributed by atoms with Crippen LogP contribution in [-0.4, -0.2) is 35.6 Å². The van der Waals surface area contributed by atoms with Crippen molar-refractivity contribution in [3.63, 3.8) is 0 Å². The molecule has 5 nitrogen and oxygen atoms in total. The van der Waals surface area contributed by atoms with Gasteiger partial charge in [0.05, 0.1) is 0 Å². The SMILES string of the molecule is Cc1cccc(CN(C2CC2)S(=O)(=O)CC(=O)O)c1. The normalized spacial score (nSPS) is 15.7. The highest BCUT2D eigenvalue weighted by molar-refractivity contribution is 7.89. The van der Waals surface area contributed by atoms with Crippen LogP contribution in [0, 0.1) is 6.92 Å². The second kappa shape index (κ2) is 5.30. The molecule has 1 fully saturated rings. The monoisotopic (exact) mass is 283 g/mol. The van der Waals surface area contributed by atoms with Crippen LogP contribution in [0.2, 0.25) is 0 Å². The lowest BCUT2D eigenvalue weighted by Crippen LogP contribution is -2.36. The van der Waals surface area contributed by atoms with Crippen LogP contribution < -0.4 is 0 Å². The molecule has 1 aromatic carbocycles. The summed E-state index contributed by atoms with van der Waals surface area (Å²) in [6, 6.07) is 7.56. The summed E-state index contributed by atoms with van der Waals surface area (Å²) in [5.74, 6) is -2.15. The van der Waals surface area contributed by atoms with Gasteiger partial charge in [-0.05, 0) is 25.3 Å². The highest BCUT2D eigenvalue weighted by Crippen LogP contribution is 2.31. The number of carboxylic acid groups (broad SMARTS) is 1. The molecule has 0 spiro atoms. The zero-order valence-corrected chi connectivity index (χ0v) is 11.6. The van der Waals surface area contributed by atoms with Crippen molar-refractivity contribution >= 4 is 16.0 Å². The number of nitrogens with zero attached hydrogens (tertiary/aromatic N) is 1. The minimum absolute atomic E-state index is 0.0372. The summed E-state index contributed by atoms with van der Waals surface area (Å²) in [5, 5.41) is 8.70. The van der Waals surface area contributed by atoms with Gasteiger partial charge in [-0.15, -0.1) is 0 Å². The number of aliphatic carboxylic acids is 1. The van der Waals surface area contributed by atoms with Gasteiger partial charge in [0.1, 0.15) is 0 Å². The van der Waals surface area contributed by atoms with E-state index in [1.54, 1.807) is 0 Å². The molecule has 104 valence electrons. The minimum Gasteiger partial charge on any atom is -0.480 e. The van der Waals surface area contributed by atoms with Gasteiger partial charge in [-0.2, -0.15) is 4.31 Å². The summed E-state index contributed by atoms with van der Waals surface area (Å²) in [6.45, 7) is 2.19. The van der Waals surface area contributed by atoms with Crippen molar-refractivity contribution in [3.8, 4) is 0 Å². The third-order valence-corrected chi connectivity index (χ3v) is 4.79. The fourth-order valence-electron chi connectivity index (χ4n) is 2.05. The number of aryl methyl sites for hydroxylation is 1. The third-order valence-electron chi connectivity index (χ3n) is 3.04. The van der Waals surface area contributed by atoms with E-state index in [4.69, 9.17) is 5.11 Å². The molecule has 0 radical (unpaired) electrons. The Morgan fingerprint density at radius 3 is 2.63 bits per heavy atom. The van der Waals surface area contributed by atoms with E-state index in [9.17, 15) is 13.2 Å². The van der Waals surface area contributed by atoms with Crippen LogP contribution in [0.1, 0.15) is 24.0 Å². The first kappa shape index (κ1) is 14.0. The van der Waals surface area contributed by atoms with Crippen molar-refractivity contribution in [2.45, 2.75) is 32.4 Å². The van der Waals surface area contributed by atoms with Crippen molar-refractivity contribution in [1.29, 1.82) is 0 Å². The molecule has 1 saturated carbocycles. The molecular weight excluding hydrogens is 266 g/mol. The molecule has 2 rings (SSSR count). The Kier molecular flexibility index (Phi) is 3.91. The van der Waals surface area contributed by atoms with E-state index < -0.39 is 21.7 Å². The molecule has 0 unspecified atom stereocenters. The Morgan fingerprint density at radius 2 is 2.11 bits per heavy atom. The number of rotatable bonds is 6. The number of hydrogen-bond donors (Lipinski definition) is 1. The van der Waals surface area contributed by atoms with Crippen LogP contribution in [0.4, 0.5) is 0 Å². The number of benzene rings is 1. The van der Waals surface area contributed by atoms with Gasteiger partial charge in [0.15, 0.2) is 5.75 Å². The molecule has 0 bridgehead atoms. The average Bonchev–Trinajstić information content (AvgIpc) is 3.07. The van der Waals surface area contributed by atoms with Crippen molar-refractivity contribution in [2.24, 2.45) is 0 Å². The second-order valence-corrected chi connectivity index (χ2v) is 6.84. The molecule has 1 aromatic rings. The molecule has 1 aliphatic carbocycles. The Balaban J connectivity index is 2.19. The van der Waals surface area contributed by atoms with E-state index in [0.29, 0.717) is 0 Å². The van der Waals surface area contributed by atoms with Crippen molar-refractivity contribution < 1.29 is 18.3 Å². The van der Waals surface area contributed by atoms with Gasteiger partial charge in [-0.3, -0.25) is 4.79 Å². The lowest BCUT2D eigenvalue weighted by molar-refractivity contribution is -0.134. The summed E-state index contributed by atoms with van der Waals surface area (Å²) in [6.07, 6.45) is 1.62. The fraction of sp³-hybridized carbons (Fsp3) is 0.462. The van der Waals surface area contributed by atoms with Gasteiger partial charge in [-0.1, -0.05) is 29.8 Å². The molecule has 19 heavy (non-hydrogen) atoms. The molecule has 0 amide bonds. The maximum absolute atomic E-state index is 12.1. The van der Waals surface area contributed by atoms with Crippen molar-refractivity contribution in [1.82, 2.24) is 4.31 Å².